The van der Waals surface area contributed by atoms with Crippen molar-refractivity contribution in [2.24, 2.45) is 0 Å². The fraction of sp³-hybridized carbons (Fsp3) is 0.857. The number of hydrogen-bond donors (Lipinski definition) is 2. The maximum atomic E-state index is 11.8. The van der Waals surface area contributed by atoms with E-state index in [1.165, 1.54) is 11.9 Å². The van der Waals surface area contributed by atoms with E-state index < -0.39 is 31.5 Å². The van der Waals surface area contributed by atoms with E-state index in [2.05, 4.69) is 0 Å². The van der Waals surface area contributed by atoms with Gasteiger partial charge in [0.05, 0.1) is 19.1 Å². The Labute approximate surface area is 74.8 Å². The Kier molecular flexibility index (Phi) is 5.48. The minimum atomic E-state index is -2.47. The van der Waals surface area contributed by atoms with Gasteiger partial charge < -0.3 is 10.2 Å². The third-order valence-electron chi connectivity index (χ3n) is 1.38. The largest absolute Gasteiger partial charge is 0.481 e. The van der Waals surface area contributed by atoms with Crippen LogP contribution in [0.4, 0.5) is 8.78 Å². The second-order valence-corrected chi connectivity index (χ2v) is 2.86. The number of carboxylic acid groups (broad SMARTS) is 1. The van der Waals surface area contributed by atoms with Crippen molar-refractivity contribution >= 4 is 5.97 Å². The SMILES string of the molecule is CN(CC(F)F)CC(O)CC(=O)O. The van der Waals surface area contributed by atoms with E-state index in [1.807, 2.05) is 0 Å². The molecule has 0 aromatic rings. The molecule has 0 amide bonds. The maximum absolute atomic E-state index is 11.8. The number of rotatable bonds is 6. The fourth-order valence-electron chi connectivity index (χ4n) is 0.936. The first kappa shape index (κ1) is 12.2. The highest BCUT2D eigenvalue weighted by Crippen LogP contribution is 1.99. The Morgan fingerprint density at radius 1 is 1.46 bits per heavy atom. The lowest BCUT2D eigenvalue weighted by Gasteiger charge is -2.18. The van der Waals surface area contributed by atoms with E-state index in [4.69, 9.17) is 10.2 Å². The van der Waals surface area contributed by atoms with Crippen LogP contribution in [-0.4, -0.2) is 53.7 Å². The molecule has 0 fully saturated rings. The monoisotopic (exact) mass is 197 g/mol. The summed E-state index contributed by atoms with van der Waals surface area (Å²) in [7, 11) is 1.40. The van der Waals surface area contributed by atoms with Gasteiger partial charge in [0, 0.05) is 6.54 Å². The van der Waals surface area contributed by atoms with Crippen LogP contribution in [-0.2, 0) is 4.79 Å². The number of aliphatic carboxylic acids is 1. The molecular weight excluding hydrogens is 184 g/mol. The molecule has 0 aliphatic carbocycles. The van der Waals surface area contributed by atoms with Crippen molar-refractivity contribution in [1.29, 1.82) is 0 Å². The van der Waals surface area contributed by atoms with Crippen LogP contribution in [0.25, 0.3) is 0 Å². The van der Waals surface area contributed by atoms with Gasteiger partial charge in [0.1, 0.15) is 0 Å². The number of alkyl halides is 2. The molecule has 0 aromatic heterocycles. The van der Waals surface area contributed by atoms with E-state index in [0.717, 1.165) is 0 Å². The van der Waals surface area contributed by atoms with Gasteiger partial charge >= 0.3 is 5.97 Å². The zero-order chi connectivity index (χ0) is 10.4. The molecule has 1 atom stereocenters. The van der Waals surface area contributed by atoms with Gasteiger partial charge in [-0.3, -0.25) is 9.69 Å². The van der Waals surface area contributed by atoms with Gasteiger partial charge in [0.15, 0.2) is 0 Å². The molecule has 2 N–H and O–H groups in total. The summed E-state index contributed by atoms with van der Waals surface area (Å²) in [4.78, 5) is 11.3. The molecule has 0 heterocycles. The normalized spacial score (nSPS) is 13.7. The van der Waals surface area contributed by atoms with Crippen molar-refractivity contribution < 1.29 is 23.8 Å². The average molecular weight is 197 g/mol. The molecule has 0 aliphatic heterocycles. The van der Waals surface area contributed by atoms with Crippen LogP contribution < -0.4 is 0 Å². The summed E-state index contributed by atoms with van der Waals surface area (Å²) in [6.45, 7) is -0.521. The standard InChI is InChI=1S/C7H13F2NO3/c1-10(4-6(8)9)3-5(11)2-7(12)13/h5-6,11H,2-4H2,1H3,(H,12,13). The molecule has 0 aromatic carbocycles. The Hall–Kier alpha value is -0.750. The molecule has 6 heteroatoms. The van der Waals surface area contributed by atoms with Crippen molar-refractivity contribution in [2.45, 2.75) is 19.0 Å². The van der Waals surface area contributed by atoms with E-state index in [1.54, 1.807) is 0 Å². The Morgan fingerprint density at radius 2 is 2.00 bits per heavy atom. The zero-order valence-electron chi connectivity index (χ0n) is 7.28. The zero-order valence-corrected chi connectivity index (χ0v) is 7.28. The van der Waals surface area contributed by atoms with E-state index >= 15 is 0 Å². The van der Waals surface area contributed by atoms with Crippen molar-refractivity contribution in [1.82, 2.24) is 4.90 Å². The van der Waals surface area contributed by atoms with E-state index in [-0.39, 0.29) is 6.54 Å². The molecule has 1 unspecified atom stereocenters. The molecule has 0 spiro atoms. The Balaban J connectivity index is 3.64. The van der Waals surface area contributed by atoms with Gasteiger partial charge in [-0.15, -0.1) is 0 Å². The first-order valence-corrected chi connectivity index (χ1v) is 3.78. The number of carboxylic acids is 1. The molecule has 0 rings (SSSR count). The number of aliphatic hydroxyl groups is 1. The summed E-state index contributed by atoms with van der Waals surface area (Å²) in [6.07, 6.45) is -3.99. The molecular formula is C7H13F2NO3. The summed E-state index contributed by atoms with van der Waals surface area (Å²) in [5, 5.41) is 17.3. The molecule has 0 radical (unpaired) electrons. The molecule has 78 valence electrons. The smallest absolute Gasteiger partial charge is 0.306 e. The number of carbonyl (C=O) groups is 1. The first-order valence-electron chi connectivity index (χ1n) is 3.78. The molecule has 0 saturated carbocycles. The van der Waals surface area contributed by atoms with Crippen LogP contribution in [0.3, 0.4) is 0 Å². The molecule has 13 heavy (non-hydrogen) atoms. The minimum absolute atomic E-state index is 0.0589. The number of nitrogens with zero attached hydrogens (tertiary/aromatic N) is 1. The van der Waals surface area contributed by atoms with Gasteiger partial charge in [-0.05, 0) is 7.05 Å². The molecule has 4 nitrogen and oxygen atoms in total. The van der Waals surface area contributed by atoms with Crippen LogP contribution in [0.5, 0.6) is 0 Å². The summed E-state index contributed by atoms with van der Waals surface area (Å²) in [5.41, 5.74) is 0. The van der Waals surface area contributed by atoms with Crippen LogP contribution in [0.15, 0.2) is 0 Å². The predicted octanol–water partition coefficient (Wildman–Crippen LogP) is 0.0189. The third-order valence-corrected chi connectivity index (χ3v) is 1.38. The van der Waals surface area contributed by atoms with E-state index in [0.29, 0.717) is 0 Å². The fourth-order valence-corrected chi connectivity index (χ4v) is 0.936. The lowest BCUT2D eigenvalue weighted by molar-refractivity contribution is -0.139. The Morgan fingerprint density at radius 3 is 2.38 bits per heavy atom. The average Bonchev–Trinajstić information content (AvgIpc) is 1.80. The van der Waals surface area contributed by atoms with Crippen molar-refractivity contribution in [3.05, 3.63) is 0 Å². The van der Waals surface area contributed by atoms with Gasteiger partial charge in [-0.25, -0.2) is 8.78 Å². The van der Waals surface area contributed by atoms with Gasteiger partial charge in [0.2, 0.25) is 0 Å². The topological polar surface area (TPSA) is 60.8 Å². The lowest BCUT2D eigenvalue weighted by atomic mass is 10.2. The summed E-state index contributed by atoms with van der Waals surface area (Å²) in [6, 6.07) is 0. The number of halogens is 2. The number of likely N-dealkylation sites (N-methyl/N-ethyl adjacent to an activating group) is 1. The maximum Gasteiger partial charge on any atom is 0.306 e. The molecule has 0 aliphatic rings. The van der Waals surface area contributed by atoms with Gasteiger partial charge in [0.25, 0.3) is 6.43 Å². The summed E-state index contributed by atoms with van der Waals surface area (Å²) in [5.74, 6) is -1.14. The minimum Gasteiger partial charge on any atom is -0.481 e. The summed E-state index contributed by atoms with van der Waals surface area (Å²) >= 11 is 0. The van der Waals surface area contributed by atoms with Crippen LogP contribution >= 0.6 is 0 Å². The highest BCUT2D eigenvalue weighted by molar-refractivity contribution is 5.67. The van der Waals surface area contributed by atoms with Crippen LogP contribution in [0.1, 0.15) is 6.42 Å². The first-order chi connectivity index (χ1) is 5.91. The van der Waals surface area contributed by atoms with E-state index in [9.17, 15) is 13.6 Å². The second kappa shape index (κ2) is 5.82. The highest BCUT2D eigenvalue weighted by Gasteiger charge is 2.14. The van der Waals surface area contributed by atoms with Crippen molar-refractivity contribution in [2.75, 3.05) is 20.1 Å². The van der Waals surface area contributed by atoms with Crippen LogP contribution in [0, 0.1) is 0 Å². The highest BCUT2D eigenvalue weighted by atomic mass is 19.3. The summed E-state index contributed by atoms with van der Waals surface area (Å²) < 4.78 is 23.5. The van der Waals surface area contributed by atoms with Crippen molar-refractivity contribution in [3.63, 3.8) is 0 Å². The number of aliphatic hydroxyl groups excluding tert-OH is 1. The second-order valence-electron chi connectivity index (χ2n) is 2.86. The third kappa shape index (κ3) is 7.61. The van der Waals surface area contributed by atoms with Gasteiger partial charge in [-0.2, -0.15) is 0 Å². The molecule has 0 bridgehead atoms. The van der Waals surface area contributed by atoms with Crippen molar-refractivity contribution in [3.8, 4) is 0 Å². The van der Waals surface area contributed by atoms with Gasteiger partial charge in [-0.1, -0.05) is 0 Å². The number of hydrogen-bond acceptors (Lipinski definition) is 3. The van der Waals surface area contributed by atoms with Crippen LogP contribution in [0.2, 0.25) is 0 Å². The predicted molar refractivity (Wildman–Crippen MR) is 41.8 cm³/mol. The Bertz CT molecular complexity index is 166. The lowest BCUT2D eigenvalue weighted by Crippen LogP contribution is -2.33. The quantitative estimate of drug-likeness (QED) is 0.630. The molecule has 0 saturated heterocycles.